The Labute approximate surface area is 110 Å². The molecular weight excluding hydrogens is 254 g/mol. The molecule has 1 heterocycles. The van der Waals surface area contributed by atoms with Gasteiger partial charge in [-0.15, -0.1) is 11.6 Å². The molecule has 0 radical (unpaired) electrons. The average Bonchev–Trinajstić information content (AvgIpc) is 2.38. The van der Waals surface area contributed by atoms with E-state index in [0.717, 1.165) is 5.69 Å². The van der Waals surface area contributed by atoms with E-state index in [-0.39, 0.29) is 18.4 Å². The molecular formula is C12H14ClN3O2. The minimum atomic E-state index is -0.0403. The minimum Gasteiger partial charge on any atom is -0.481 e. The number of fused-ring (bicyclic) bond motifs is 1. The van der Waals surface area contributed by atoms with Crippen LogP contribution in [0.4, 0.5) is 11.4 Å². The molecule has 2 N–H and O–H groups in total. The Bertz CT molecular complexity index is 502. The lowest BCUT2D eigenvalue weighted by atomic mass is 10.2. The third-order valence-electron chi connectivity index (χ3n) is 2.61. The van der Waals surface area contributed by atoms with Gasteiger partial charge >= 0.3 is 0 Å². The number of ether oxygens (including phenoxy) is 1. The van der Waals surface area contributed by atoms with Gasteiger partial charge in [0.15, 0.2) is 6.61 Å². The lowest BCUT2D eigenvalue weighted by Crippen LogP contribution is -2.38. The van der Waals surface area contributed by atoms with Gasteiger partial charge in [0, 0.05) is 12.6 Å². The van der Waals surface area contributed by atoms with Crippen molar-refractivity contribution in [1.82, 2.24) is 0 Å². The molecule has 2 rings (SSSR count). The van der Waals surface area contributed by atoms with Crippen molar-refractivity contribution >= 4 is 34.7 Å². The number of benzene rings is 1. The number of carbonyl (C=O) groups excluding carboxylic acids is 1. The predicted octanol–water partition coefficient (Wildman–Crippen LogP) is 1.66. The van der Waals surface area contributed by atoms with E-state index in [2.05, 4.69) is 4.99 Å². The van der Waals surface area contributed by atoms with Crippen molar-refractivity contribution in [1.29, 1.82) is 0 Å². The normalized spacial score (nSPS) is 15.3. The van der Waals surface area contributed by atoms with Gasteiger partial charge in [-0.1, -0.05) is 0 Å². The highest BCUT2D eigenvalue weighted by atomic mass is 35.5. The molecule has 6 heteroatoms. The number of anilines is 1. The maximum atomic E-state index is 11.6. The van der Waals surface area contributed by atoms with E-state index in [1.807, 2.05) is 6.92 Å². The van der Waals surface area contributed by atoms with Crippen molar-refractivity contribution < 1.29 is 9.53 Å². The minimum absolute atomic E-state index is 0.0403. The molecule has 0 spiro atoms. The van der Waals surface area contributed by atoms with Gasteiger partial charge < -0.3 is 15.4 Å². The number of hydrogen-bond acceptors (Lipinski definition) is 3. The lowest BCUT2D eigenvalue weighted by Gasteiger charge is -2.28. The van der Waals surface area contributed by atoms with Crippen LogP contribution in [0.2, 0.25) is 0 Å². The molecule has 5 nitrogen and oxygen atoms in total. The van der Waals surface area contributed by atoms with Crippen molar-refractivity contribution in [2.45, 2.75) is 6.92 Å². The molecule has 0 aromatic heterocycles. The Morgan fingerprint density at radius 1 is 1.61 bits per heavy atom. The summed E-state index contributed by atoms with van der Waals surface area (Å²) < 4.78 is 5.39. The summed E-state index contributed by atoms with van der Waals surface area (Å²) in [5.74, 6) is 1.12. The van der Waals surface area contributed by atoms with Gasteiger partial charge in [0.1, 0.15) is 11.6 Å². The molecule has 0 saturated heterocycles. The number of hydrogen-bond donors (Lipinski definition) is 1. The van der Waals surface area contributed by atoms with Crippen LogP contribution >= 0.6 is 11.6 Å². The summed E-state index contributed by atoms with van der Waals surface area (Å²) >= 11 is 5.57. The third kappa shape index (κ3) is 2.41. The number of halogens is 1. The number of alkyl halides is 1. The van der Waals surface area contributed by atoms with Crippen LogP contribution < -0.4 is 15.4 Å². The zero-order valence-electron chi connectivity index (χ0n) is 10.0. The van der Waals surface area contributed by atoms with E-state index in [1.54, 1.807) is 23.1 Å². The molecule has 0 unspecified atom stereocenters. The molecule has 0 bridgehead atoms. The molecule has 0 atom stereocenters. The summed E-state index contributed by atoms with van der Waals surface area (Å²) in [5.41, 5.74) is 6.99. The van der Waals surface area contributed by atoms with Crippen LogP contribution in [-0.4, -0.2) is 30.8 Å². The van der Waals surface area contributed by atoms with E-state index in [4.69, 9.17) is 22.1 Å². The number of nitrogens with zero attached hydrogens (tertiary/aromatic N) is 2. The third-order valence-corrected chi connectivity index (χ3v) is 2.89. The molecule has 18 heavy (non-hydrogen) atoms. The standard InChI is InChI=1S/C12H14ClN3O2/c1-2-16-9-4-3-8(15-11(14)6-13)5-10(9)18-7-12(16)17/h3-5H,2,6-7H2,1H3,(H2,14,15). The number of rotatable bonds is 3. The number of carbonyl (C=O) groups is 1. The highest BCUT2D eigenvalue weighted by Gasteiger charge is 2.24. The molecule has 0 fully saturated rings. The first-order chi connectivity index (χ1) is 8.65. The fourth-order valence-electron chi connectivity index (χ4n) is 1.81. The molecule has 1 aliphatic rings. The first-order valence-corrected chi connectivity index (χ1v) is 6.15. The molecule has 1 aromatic rings. The van der Waals surface area contributed by atoms with Gasteiger partial charge in [0.05, 0.1) is 17.3 Å². The monoisotopic (exact) mass is 267 g/mol. The fourth-order valence-corrected chi connectivity index (χ4v) is 1.86. The molecule has 0 saturated carbocycles. The smallest absolute Gasteiger partial charge is 0.265 e. The Kier molecular flexibility index (Phi) is 3.72. The van der Waals surface area contributed by atoms with Crippen molar-refractivity contribution in [3.05, 3.63) is 18.2 Å². The first kappa shape index (κ1) is 12.7. The largest absolute Gasteiger partial charge is 0.481 e. The fraction of sp³-hybridized carbons (Fsp3) is 0.333. The van der Waals surface area contributed by atoms with Gasteiger partial charge in [0.25, 0.3) is 5.91 Å². The highest BCUT2D eigenvalue weighted by Crippen LogP contribution is 2.35. The number of amidine groups is 1. The van der Waals surface area contributed by atoms with Crippen LogP contribution in [0.3, 0.4) is 0 Å². The molecule has 1 amide bonds. The van der Waals surface area contributed by atoms with Gasteiger partial charge in [-0.2, -0.15) is 0 Å². The second-order valence-corrected chi connectivity index (χ2v) is 4.08. The topological polar surface area (TPSA) is 67.9 Å². The SMILES string of the molecule is CCN1C(=O)COc2cc(N=C(N)CCl)ccc21. The van der Waals surface area contributed by atoms with Crippen LogP contribution in [0.5, 0.6) is 5.75 Å². The Hall–Kier alpha value is -1.75. The molecule has 0 aliphatic carbocycles. The van der Waals surface area contributed by atoms with Crippen LogP contribution in [-0.2, 0) is 4.79 Å². The molecule has 1 aromatic carbocycles. The van der Waals surface area contributed by atoms with Crippen LogP contribution in [0, 0.1) is 0 Å². The van der Waals surface area contributed by atoms with Gasteiger partial charge in [-0.3, -0.25) is 4.79 Å². The van der Waals surface area contributed by atoms with Gasteiger partial charge in [-0.05, 0) is 19.1 Å². The van der Waals surface area contributed by atoms with E-state index < -0.39 is 0 Å². The zero-order valence-corrected chi connectivity index (χ0v) is 10.8. The second-order valence-electron chi connectivity index (χ2n) is 3.82. The van der Waals surface area contributed by atoms with Crippen LogP contribution in [0.15, 0.2) is 23.2 Å². The van der Waals surface area contributed by atoms with Crippen molar-refractivity contribution in [3.8, 4) is 5.75 Å². The summed E-state index contributed by atoms with van der Waals surface area (Å²) in [6.07, 6.45) is 0. The van der Waals surface area contributed by atoms with Crippen molar-refractivity contribution in [3.63, 3.8) is 0 Å². The van der Waals surface area contributed by atoms with E-state index in [1.165, 1.54) is 0 Å². The van der Waals surface area contributed by atoms with Crippen LogP contribution in [0.25, 0.3) is 0 Å². The first-order valence-electron chi connectivity index (χ1n) is 5.62. The molecule has 96 valence electrons. The number of aliphatic imine (C=N–C) groups is 1. The van der Waals surface area contributed by atoms with E-state index in [9.17, 15) is 4.79 Å². The second kappa shape index (κ2) is 5.27. The maximum Gasteiger partial charge on any atom is 0.265 e. The summed E-state index contributed by atoms with van der Waals surface area (Å²) in [6, 6.07) is 5.34. The summed E-state index contributed by atoms with van der Waals surface area (Å²) in [4.78, 5) is 17.4. The Morgan fingerprint density at radius 2 is 2.39 bits per heavy atom. The van der Waals surface area contributed by atoms with Crippen LogP contribution in [0.1, 0.15) is 6.92 Å². The quantitative estimate of drug-likeness (QED) is 0.514. The van der Waals surface area contributed by atoms with E-state index in [0.29, 0.717) is 23.8 Å². The molecule has 1 aliphatic heterocycles. The predicted molar refractivity (Wildman–Crippen MR) is 72.0 cm³/mol. The number of amides is 1. The zero-order chi connectivity index (χ0) is 13.1. The Morgan fingerprint density at radius 3 is 3.06 bits per heavy atom. The van der Waals surface area contributed by atoms with Crippen molar-refractivity contribution in [2.24, 2.45) is 10.7 Å². The average molecular weight is 268 g/mol. The van der Waals surface area contributed by atoms with Gasteiger partial charge in [-0.25, -0.2) is 4.99 Å². The van der Waals surface area contributed by atoms with E-state index >= 15 is 0 Å². The Balaban J connectivity index is 2.36. The number of likely N-dealkylation sites (N-methyl/N-ethyl adjacent to an activating group) is 1. The number of nitrogens with two attached hydrogens (primary N) is 1. The highest BCUT2D eigenvalue weighted by molar-refractivity contribution is 6.28. The lowest BCUT2D eigenvalue weighted by molar-refractivity contribution is -0.121. The summed E-state index contributed by atoms with van der Waals surface area (Å²) in [7, 11) is 0. The van der Waals surface area contributed by atoms with Crippen molar-refractivity contribution in [2.75, 3.05) is 23.9 Å². The summed E-state index contributed by atoms with van der Waals surface area (Å²) in [6.45, 7) is 2.59. The maximum absolute atomic E-state index is 11.6. The summed E-state index contributed by atoms with van der Waals surface area (Å²) in [5, 5.41) is 0. The van der Waals surface area contributed by atoms with Gasteiger partial charge in [0.2, 0.25) is 0 Å².